The number of fused-ring (bicyclic) bond motifs is 10. The van der Waals surface area contributed by atoms with E-state index in [1.165, 1.54) is 0 Å². The molecule has 0 fully saturated rings. The van der Waals surface area contributed by atoms with Gasteiger partial charge in [0.2, 0.25) is 0 Å². The van der Waals surface area contributed by atoms with Gasteiger partial charge < -0.3 is 4.57 Å². The molecule has 1 unspecified atom stereocenters. The summed E-state index contributed by atoms with van der Waals surface area (Å²) in [5.74, 6) is 0. The van der Waals surface area contributed by atoms with Gasteiger partial charge in [-0.3, -0.25) is 4.98 Å². The maximum absolute atomic E-state index is 15.4. The molecule has 2 aromatic heterocycles. The first-order chi connectivity index (χ1) is 16.8. The molecule has 5 heteroatoms. The smallest absolute Gasteiger partial charge is 0.173 e. The standard InChI is InChI=1S/C29H18N3OP/c33-34(19-8-7-16-30-18-19)25-13-5-3-11-22(25)27-20-9-1-2-10-21(20)29-24(15-17-31-32-29)28(27)23-12-4-6-14-26(23)34/h1-18H. The summed E-state index contributed by atoms with van der Waals surface area (Å²) < 4.78 is 15.4. The summed E-state index contributed by atoms with van der Waals surface area (Å²) in [6.45, 7) is 0. The zero-order valence-corrected chi connectivity index (χ0v) is 19.0. The Morgan fingerprint density at radius 2 is 1.24 bits per heavy atom. The summed E-state index contributed by atoms with van der Waals surface area (Å²) in [6.07, 6.45) is 5.20. The third-order valence-corrected chi connectivity index (χ3v) is 9.86. The summed E-state index contributed by atoms with van der Waals surface area (Å²) in [6, 6.07) is 30.3. The molecular weight excluding hydrogens is 437 g/mol. The molecule has 160 valence electrons. The molecule has 7 rings (SSSR count). The molecule has 3 heterocycles. The van der Waals surface area contributed by atoms with Crippen molar-refractivity contribution < 1.29 is 4.57 Å². The number of hydrogen-bond acceptors (Lipinski definition) is 4. The van der Waals surface area contributed by atoms with Gasteiger partial charge >= 0.3 is 0 Å². The SMILES string of the molecule is O=P1(c2cccnc2)c2ccccc2-c2c(c3ccnnc3c3ccccc23)-c2ccccc21. The molecule has 0 amide bonds. The van der Waals surface area contributed by atoms with Gasteiger partial charge in [-0.1, -0.05) is 72.8 Å². The Kier molecular flexibility index (Phi) is 4.08. The van der Waals surface area contributed by atoms with E-state index in [1.54, 1.807) is 18.6 Å². The van der Waals surface area contributed by atoms with E-state index in [2.05, 4.69) is 39.4 Å². The van der Waals surface area contributed by atoms with E-state index in [1.807, 2.05) is 66.7 Å². The van der Waals surface area contributed by atoms with E-state index in [9.17, 15) is 0 Å². The quantitative estimate of drug-likeness (QED) is 0.244. The Morgan fingerprint density at radius 1 is 0.588 bits per heavy atom. The second-order valence-corrected chi connectivity index (χ2v) is 11.1. The summed E-state index contributed by atoms with van der Waals surface area (Å²) in [4.78, 5) is 4.34. The van der Waals surface area contributed by atoms with Crippen molar-refractivity contribution in [1.82, 2.24) is 15.2 Å². The molecule has 1 aliphatic heterocycles. The topological polar surface area (TPSA) is 55.7 Å². The molecule has 0 radical (unpaired) electrons. The zero-order valence-electron chi connectivity index (χ0n) is 18.1. The fourth-order valence-corrected chi connectivity index (χ4v) is 8.32. The lowest BCUT2D eigenvalue weighted by Gasteiger charge is -2.21. The van der Waals surface area contributed by atoms with Gasteiger partial charge in [0.25, 0.3) is 0 Å². The van der Waals surface area contributed by atoms with Crippen LogP contribution in [0, 0.1) is 0 Å². The third-order valence-electron chi connectivity index (χ3n) is 6.73. The molecule has 0 aliphatic carbocycles. The number of nitrogens with zero attached hydrogens (tertiary/aromatic N) is 3. The van der Waals surface area contributed by atoms with Crippen molar-refractivity contribution in [2.45, 2.75) is 0 Å². The molecule has 0 N–H and O–H groups in total. The Morgan fingerprint density at radius 3 is 1.94 bits per heavy atom. The van der Waals surface area contributed by atoms with Gasteiger partial charge in [-0.05, 0) is 40.3 Å². The van der Waals surface area contributed by atoms with Gasteiger partial charge in [-0.25, -0.2) is 0 Å². The lowest BCUT2D eigenvalue weighted by molar-refractivity contribution is 0.592. The Labute approximate surface area is 196 Å². The van der Waals surface area contributed by atoms with E-state index in [0.717, 1.165) is 59.8 Å². The molecule has 0 saturated carbocycles. The normalized spacial score (nSPS) is 16.5. The van der Waals surface area contributed by atoms with Gasteiger partial charge in [-0.2, -0.15) is 5.10 Å². The lowest BCUT2D eigenvalue weighted by atomic mass is 9.87. The highest BCUT2D eigenvalue weighted by Crippen LogP contribution is 2.54. The largest absolute Gasteiger partial charge is 0.309 e. The monoisotopic (exact) mass is 455 g/mol. The molecule has 6 aromatic rings. The molecule has 4 aromatic carbocycles. The van der Waals surface area contributed by atoms with Crippen LogP contribution in [-0.4, -0.2) is 15.2 Å². The van der Waals surface area contributed by atoms with Crippen molar-refractivity contribution in [1.29, 1.82) is 0 Å². The first kappa shape index (κ1) is 19.3. The minimum atomic E-state index is -3.23. The van der Waals surface area contributed by atoms with E-state index in [4.69, 9.17) is 0 Å². The van der Waals surface area contributed by atoms with Crippen LogP contribution in [0.2, 0.25) is 0 Å². The predicted octanol–water partition coefficient (Wildman–Crippen LogP) is 5.46. The summed E-state index contributed by atoms with van der Waals surface area (Å²) in [5.41, 5.74) is 4.93. The van der Waals surface area contributed by atoms with Crippen LogP contribution in [0.3, 0.4) is 0 Å². The minimum absolute atomic E-state index is 0.733. The summed E-state index contributed by atoms with van der Waals surface area (Å²) >= 11 is 0. The minimum Gasteiger partial charge on any atom is -0.309 e. The van der Waals surface area contributed by atoms with E-state index in [0.29, 0.717) is 0 Å². The van der Waals surface area contributed by atoms with Gasteiger partial charge in [0, 0.05) is 44.6 Å². The van der Waals surface area contributed by atoms with E-state index >= 15 is 4.57 Å². The van der Waals surface area contributed by atoms with Crippen molar-refractivity contribution >= 4 is 44.7 Å². The zero-order chi connectivity index (χ0) is 22.7. The molecule has 0 saturated heterocycles. The number of pyridine rings is 1. The van der Waals surface area contributed by atoms with Crippen molar-refractivity contribution in [2.75, 3.05) is 0 Å². The average Bonchev–Trinajstić information content (AvgIpc) is 3.02. The van der Waals surface area contributed by atoms with E-state index < -0.39 is 7.14 Å². The van der Waals surface area contributed by atoms with Crippen LogP contribution in [0.15, 0.2) is 110 Å². The maximum Gasteiger partial charge on any atom is 0.173 e. The van der Waals surface area contributed by atoms with Gasteiger partial charge in [0.1, 0.15) is 5.52 Å². The third kappa shape index (κ3) is 2.49. The van der Waals surface area contributed by atoms with Crippen LogP contribution in [0.5, 0.6) is 0 Å². The highest BCUT2D eigenvalue weighted by atomic mass is 31.2. The van der Waals surface area contributed by atoms with Gasteiger partial charge in [0.05, 0.1) is 6.20 Å². The van der Waals surface area contributed by atoms with Crippen LogP contribution in [0.4, 0.5) is 0 Å². The fourth-order valence-electron chi connectivity index (χ4n) is 5.34. The van der Waals surface area contributed by atoms with E-state index in [-0.39, 0.29) is 0 Å². The predicted molar refractivity (Wildman–Crippen MR) is 139 cm³/mol. The number of aromatic nitrogens is 3. The average molecular weight is 455 g/mol. The van der Waals surface area contributed by atoms with Crippen LogP contribution < -0.4 is 15.9 Å². The number of benzene rings is 4. The second-order valence-electron chi connectivity index (χ2n) is 8.44. The fraction of sp³-hybridized carbons (Fsp3) is 0. The molecule has 0 spiro atoms. The molecule has 34 heavy (non-hydrogen) atoms. The van der Waals surface area contributed by atoms with Crippen LogP contribution in [0.25, 0.3) is 43.9 Å². The molecule has 4 nitrogen and oxygen atoms in total. The number of hydrogen-bond donors (Lipinski definition) is 0. The number of rotatable bonds is 1. The highest BCUT2D eigenvalue weighted by molar-refractivity contribution is 7.85. The van der Waals surface area contributed by atoms with Gasteiger partial charge in [0.15, 0.2) is 7.14 Å². The van der Waals surface area contributed by atoms with Crippen molar-refractivity contribution in [2.24, 2.45) is 0 Å². The van der Waals surface area contributed by atoms with Crippen molar-refractivity contribution in [3.05, 3.63) is 110 Å². The first-order valence-electron chi connectivity index (χ1n) is 11.1. The first-order valence-corrected chi connectivity index (χ1v) is 12.9. The second kappa shape index (κ2) is 7.18. The Hall–Kier alpha value is -4.14. The maximum atomic E-state index is 15.4. The highest BCUT2D eigenvalue weighted by Gasteiger charge is 2.38. The van der Waals surface area contributed by atoms with Gasteiger partial charge in [-0.15, -0.1) is 5.10 Å². The summed E-state index contributed by atoms with van der Waals surface area (Å²) in [5, 5.41) is 14.2. The van der Waals surface area contributed by atoms with Crippen molar-refractivity contribution in [3.63, 3.8) is 0 Å². The Bertz CT molecular complexity index is 1690. The Balaban J connectivity index is 1.80. The van der Waals surface area contributed by atoms with Crippen LogP contribution in [-0.2, 0) is 4.57 Å². The van der Waals surface area contributed by atoms with Crippen LogP contribution >= 0.6 is 7.14 Å². The lowest BCUT2D eigenvalue weighted by Crippen LogP contribution is -2.26. The molecule has 1 aliphatic rings. The molecular formula is C29H18N3OP. The molecule has 0 bridgehead atoms. The van der Waals surface area contributed by atoms with Crippen LogP contribution in [0.1, 0.15) is 0 Å². The summed E-state index contributed by atoms with van der Waals surface area (Å²) in [7, 11) is -3.23. The van der Waals surface area contributed by atoms with Crippen molar-refractivity contribution in [3.8, 4) is 22.3 Å². The molecule has 1 atom stereocenters.